The molecule has 0 heterocycles. The van der Waals surface area contributed by atoms with Crippen LogP contribution in [0, 0.1) is 11.7 Å². The van der Waals surface area contributed by atoms with Crippen molar-refractivity contribution >= 4 is 0 Å². The van der Waals surface area contributed by atoms with E-state index < -0.39 is 5.82 Å². The maximum absolute atomic E-state index is 12.9. The molecule has 3 N–H and O–H groups in total. The lowest BCUT2D eigenvalue weighted by Crippen LogP contribution is -2.24. The summed E-state index contributed by atoms with van der Waals surface area (Å²) in [4.78, 5) is 0. The van der Waals surface area contributed by atoms with Crippen molar-refractivity contribution in [3.8, 4) is 5.75 Å². The second kappa shape index (κ2) is 5.12. The van der Waals surface area contributed by atoms with Crippen LogP contribution < -0.4 is 5.73 Å². The van der Waals surface area contributed by atoms with Crippen molar-refractivity contribution in [2.75, 3.05) is 0 Å². The Morgan fingerprint density at radius 2 is 2.00 bits per heavy atom. The number of benzene rings is 1. The molecule has 1 unspecified atom stereocenters. The number of hydrogen-bond donors (Lipinski definition) is 2. The molecule has 3 heteroatoms. The third-order valence-electron chi connectivity index (χ3n) is 2.21. The van der Waals surface area contributed by atoms with Gasteiger partial charge in [-0.2, -0.15) is 0 Å². The molecule has 1 aromatic rings. The number of halogens is 1. The SMILES string of the molecule is CC(C)CC(N)Cc1cc(O)cc(F)c1. The molecule has 0 aliphatic rings. The minimum atomic E-state index is -0.415. The average molecular weight is 211 g/mol. The average Bonchev–Trinajstić information content (AvgIpc) is 1.98. The van der Waals surface area contributed by atoms with Crippen molar-refractivity contribution in [1.82, 2.24) is 0 Å². The summed E-state index contributed by atoms with van der Waals surface area (Å²) >= 11 is 0. The first kappa shape index (κ1) is 12.0. The van der Waals surface area contributed by atoms with Crippen LogP contribution in [-0.2, 0) is 6.42 Å². The van der Waals surface area contributed by atoms with Gasteiger partial charge in [-0.25, -0.2) is 4.39 Å². The van der Waals surface area contributed by atoms with Gasteiger partial charge in [-0.15, -0.1) is 0 Å². The molecule has 0 saturated heterocycles. The molecule has 0 aromatic heterocycles. The van der Waals surface area contributed by atoms with Gasteiger partial charge in [0.2, 0.25) is 0 Å². The number of rotatable bonds is 4. The minimum Gasteiger partial charge on any atom is -0.508 e. The Balaban J connectivity index is 2.63. The van der Waals surface area contributed by atoms with E-state index in [4.69, 9.17) is 5.73 Å². The van der Waals surface area contributed by atoms with E-state index in [1.54, 1.807) is 6.07 Å². The first-order chi connectivity index (χ1) is 6.97. The van der Waals surface area contributed by atoms with Crippen molar-refractivity contribution in [2.45, 2.75) is 32.7 Å². The molecular formula is C12H18FNO. The summed E-state index contributed by atoms with van der Waals surface area (Å²) in [6, 6.07) is 4.09. The first-order valence-electron chi connectivity index (χ1n) is 5.21. The van der Waals surface area contributed by atoms with Gasteiger partial charge in [0.25, 0.3) is 0 Å². The standard InChI is InChI=1S/C12H18FNO/c1-8(2)3-11(14)5-9-4-10(13)7-12(15)6-9/h4,6-8,11,15H,3,5,14H2,1-2H3. The summed E-state index contributed by atoms with van der Waals surface area (Å²) in [6.45, 7) is 4.20. The number of nitrogens with two attached hydrogens (primary N) is 1. The Hall–Kier alpha value is -1.09. The van der Waals surface area contributed by atoms with Crippen LogP contribution in [-0.4, -0.2) is 11.1 Å². The predicted octanol–water partition coefficient (Wildman–Crippen LogP) is 2.45. The Labute approximate surface area is 89.9 Å². The highest BCUT2D eigenvalue weighted by Crippen LogP contribution is 2.17. The Morgan fingerprint density at radius 1 is 1.33 bits per heavy atom. The van der Waals surface area contributed by atoms with Crippen LogP contribution in [0.5, 0.6) is 5.75 Å². The van der Waals surface area contributed by atoms with Crippen LogP contribution >= 0.6 is 0 Å². The summed E-state index contributed by atoms with van der Waals surface area (Å²) in [5.41, 5.74) is 6.65. The molecule has 0 radical (unpaired) electrons. The maximum Gasteiger partial charge on any atom is 0.127 e. The smallest absolute Gasteiger partial charge is 0.127 e. The van der Waals surface area contributed by atoms with Gasteiger partial charge in [0.1, 0.15) is 11.6 Å². The van der Waals surface area contributed by atoms with E-state index in [0.29, 0.717) is 12.3 Å². The molecule has 1 atom stereocenters. The molecule has 0 fully saturated rings. The van der Waals surface area contributed by atoms with Crippen LogP contribution in [0.3, 0.4) is 0 Å². The molecule has 0 aliphatic carbocycles. The fourth-order valence-corrected chi connectivity index (χ4v) is 1.74. The van der Waals surface area contributed by atoms with Crippen molar-refractivity contribution in [3.63, 3.8) is 0 Å². The van der Waals surface area contributed by atoms with Gasteiger partial charge in [0.05, 0.1) is 0 Å². The summed E-state index contributed by atoms with van der Waals surface area (Å²) in [7, 11) is 0. The van der Waals surface area contributed by atoms with Crippen molar-refractivity contribution in [3.05, 3.63) is 29.6 Å². The van der Waals surface area contributed by atoms with Crippen LogP contribution in [0.15, 0.2) is 18.2 Å². The number of hydrogen-bond acceptors (Lipinski definition) is 2. The lowest BCUT2D eigenvalue weighted by molar-refractivity contribution is 0.464. The van der Waals surface area contributed by atoms with Gasteiger partial charge in [-0.3, -0.25) is 0 Å². The summed E-state index contributed by atoms with van der Waals surface area (Å²) < 4.78 is 12.9. The van der Waals surface area contributed by atoms with Crippen LogP contribution in [0.4, 0.5) is 4.39 Å². The van der Waals surface area contributed by atoms with E-state index in [1.807, 2.05) is 0 Å². The Kier molecular flexibility index (Phi) is 4.09. The van der Waals surface area contributed by atoms with E-state index in [2.05, 4.69) is 13.8 Å². The third-order valence-corrected chi connectivity index (χ3v) is 2.21. The molecule has 1 aromatic carbocycles. The maximum atomic E-state index is 12.9. The third kappa shape index (κ3) is 4.30. The lowest BCUT2D eigenvalue weighted by Gasteiger charge is -2.14. The molecule has 2 nitrogen and oxygen atoms in total. The monoisotopic (exact) mass is 211 g/mol. The fourth-order valence-electron chi connectivity index (χ4n) is 1.74. The molecule has 0 saturated carbocycles. The Morgan fingerprint density at radius 3 is 2.53 bits per heavy atom. The fraction of sp³-hybridized carbons (Fsp3) is 0.500. The summed E-state index contributed by atoms with van der Waals surface area (Å²) in [6.07, 6.45) is 1.50. The minimum absolute atomic E-state index is 0.0196. The summed E-state index contributed by atoms with van der Waals surface area (Å²) in [5, 5.41) is 9.21. The normalized spacial score (nSPS) is 13.1. The number of phenolic OH excluding ortho intramolecular Hbond substituents is 1. The zero-order chi connectivity index (χ0) is 11.4. The van der Waals surface area contributed by atoms with Crippen LogP contribution in [0.2, 0.25) is 0 Å². The highest BCUT2D eigenvalue weighted by atomic mass is 19.1. The molecular weight excluding hydrogens is 193 g/mol. The van der Waals surface area contributed by atoms with Crippen molar-refractivity contribution in [1.29, 1.82) is 0 Å². The molecule has 0 spiro atoms. The topological polar surface area (TPSA) is 46.2 Å². The van der Waals surface area contributed by atoms with Gasteiger partial charge in [0, 0.05) is 12.1 Å². The molecule has 0 aliphatic heterocycles. The quantitative estimate of drug-likeness (QED) is 0.803. The van der Waals surface area contributed by atoms with E-state index >= 15 is 0 Å². The molecule has 0 bridgehead atoms. The van der Waals surface area contributed by atoms with E-state index in [1.165, 1.54) is 6.07 Å². The van der Waals surface area contributed by atoms with Crippen molar-refractivity contribution in [2.24, 2.45) is 11.7 Å². The summed E-state index contributed by atoms with van der Waals surface area (Å²) in [5.74, 6) is 0.0747. The molecule has 15 heavy (non-hydrogen) atoms. The van der Waals surface area contributed by atoms with Gasteiger partial charge < -0.3 is 10.8 Å². The van der Waals surface area contributed by atoms with Gasteiger partial charge in [-0.1, -0.05) is 13.8 Å². The van der Waals surface area contributed by atoms with Gasteiger partial charge in [-0.05, 0) is 36.5 Å². The molecule has 84 valence electrons. The van der Waals surface area contributed by atoms with E-state index in [0.717, 1.165) is 18.1 Å². The molecule has 0 amide bonds. The van der Waals surface area contributed by atoms with E-state index in [-0.39, 0.29) is 11.8 Å². The first-order valence-corrected chi connectivity index (χ1v) is 5.21. The number of phenols is 1. The second-order valence-electron chi connectivity index (χ2n) is 4.41. The predicted molar refractivity (Wildman–Crippen MR) is 59.2 cm³/mol. The largest absolute Gasteiger partial charge is 0.508 e. The zero-order valence-corrected chi connectivity index (χ0v) is 9.20. The second-order valence-corrected chi connectivity index (χ2v) is 4.41. The lowest BCUT2D eigenvalue weighted by atomic mass is 9.98. The van der Waals surface area contributed by atoms with Crippen LogP contribution in [0.1, 0.15) is 25.8 Å². The number of aromatic hydroxyl groups is 1. The van der Waals surface area contributed by atoms with Gasteiger partial charge in [0.15, 0.2) is 0 Å². The zero-order valence-electron chi connectivity index (χ0n) is 9.20. The Bertz CT molecular complexity index is 305. The highest BCUT2D eigenvalue weighted by Gasteiger charge is 2.08. The van der Waals surface area contributed by atoms with Gasteiger partial charge >= 0.3 is 0 Å². The van der Waals surface area contributed by atoms with Crippen molar-refractivity contribution < 1.29 is 9.50 Å². The molecule has 1 rings (SSSR count). The van der Waals surface area contributed by atoms with Crippen LogP contribution in [0.25, 0.3) is 0 Å². The van der Waals surface area contributed by atoms with E-state index in [9.17, 15) is 9.50 Å². The highest BCUT2D eigenvalue weighted by molar-refractivity contribution is 5.28.